The van der Waals surface area contributed by atoms with Crippen LogP contribution < -0.4 is 5.32 Å². The molecule has 2 rings (SSSR count). The number of rotatable bonds is 3. The lowest BCUT2D eigenvalue weighted by Gasteiger charge is -2.01. The van der Waals surface area contributed by atoms with Gasteiger partial charge >= 0.3 is 0 Å². The van der Waals surface area contributed by atoms with Gasteiger partial charge in [-0.3, -0.25) is 4.79 Å². The monoisotopic (exact) mass is 292 g/mol. The molecule has 0 atom stereocenters. The average molecular weight is 293 g/mol. The van der Waals surface area contributed by atoms with Gasteiger partial charge in [-0.25, -0.2) is 4.98 Å². The van der Waals surface area contributed by atoms with Gasteiger partial charge in [0.25, 0.3) is 0 Å². The average Bonchev–Trinajstić information content (AvgIpc) is 2.41. The number of hydrogen-bond acceptors (Lipinski definition) is 2. The first-order valence-corrected chi connectivity index (χ1v) is 6.26. The molecule has 96 valence electrons. The Hall–Kier alpha value is -1.84. The number of nitrogens with zero attached hydrogens (tertiary/aromatic N) is 1. The van der Waals surface area contributed by atoms with Crippen molar-refractivity contribution in [3.63, 3.8) is 0 Å². The maximum atomic E-state index is 11.7. The maximum Gasteiger partial charge on any atom is 0.249 e. The number of carbonyl (C=O) groups is 1. The summed E-state index contributed by atoms with van der Waals surface area (Å²) in [6.07, 6.45) is 4.59. The Labute approximate surface area is 120 Å². The standard InChI is InChI=1S/C14H10Cl2N2O/c15-11-5-6-12(16)10(9-11)4-7-14(19)18-13-3-1-2-8-17-13/h1-9H,(H,17,18,19)/b7-4+. The first-order chi connectivity index (χ1) is 9.15. The zero-order chi connectivity index (χ0) is 13.7. The van der Waals surface area contributed by atoms with Crippen LogP contribution in [0.4, 0.5) is 5.82 Å². The molecule has 1 aromatic heterocycles. The number of aromatic nitrogens is 1. The SMILES string of the molecule is O=C(/C=C/c1cc(Cl)ccc1Cl)Nc1ccccn1. The lowest BCUT2D eigenvalue weighted by molar-refractivity contribution is -0.111. The van der Waals surface area contributed by atoms with Crippen LogP contribution in [0, 0.1) is 0 Å². The molecule has 1 aromatic carbocycles. The predicted octanol–water partition coefficient (Wildman–Crippen LogP) is 4.04. The van der Waals surface area contributed by atoms with Crippen LogP contribution in [0.1, 0.15) is 5.56 Å². The van der Waals surface area contributed by atoms with Crippen molar-refractivity contribution in [3.05, 3.63) is 64.3 Å². The van der Waals surface area contributed by atoms with Crippen LogP contribution >= 0.6 is 23.2 Å². The highest BCUT2D eigenvalue weighted by atomic mass is 35.5. The van der Waals surface area contributed by atoms with Crippen LogP contribution in [0.15, 0.2) is 48.7 Å². The summed E-state index contributed by atoms with van der Waals surface area (Å²) in [5, 5.41) is 3.73. The van der Waals surface area contributed by atoms with Crippen LogP contribution in [0.2, 0.25) is 10.0 Å². The van der Waals surface area contributed by atoms with Crippen molar-refractivity contribution in [3.8, 4) is 0 Å². The highest BCUT2D eigenvalue weighted by Gasteiger charge is 2.00. The summed E-state index contributed by atoms with van der Waals surface area (Å²) in [6, 6.07) is 10.3. The molecule has 1 N–H and O–H groups in total. The van der Waals surface area contributed by atoms with Gasteiger partial charge in [-0.05, 0) is 42.0 Å². The van der Waals surface area contributed by atoms with Crippen LogP contribution in [-0.2, 0) is 4.79 Å². The number of benzene rings is 1. The Bertz CT molecular complexity index is 612. The summed E-state index contributed by atoms with van der Waals surface area (Å²) in [4.78, 5) is 15.7. The molecule has 0 spiro atoms. The Morgan fingerprint density at radius 2 is 2.05 bits per heavy atom. The fourth-order valence-corrected chi connectivity index (χ4v) is 1.77. The molecule has 0 radical (unpaired) electrons. The highest BCUT2D eigenvalue weighted by molar-refractivity contribution is 6.34. The molecule has 0 bridgehead atoms. The third-order valence-electron chi connectivity index (χ3n) is 2.29. The molecule has 19 heavy (non-hydrogen) atoms. The number of carbonyl (C=O) groups excluding carboxylic acids is 1. The molecule has 2 aromatic rings. The number of hydrogen-bond donors (Lipinski definition) is 1. The summed E-state index contributed by atoms with van der Waals surface area (Å²) < 4.78 is 0. The van der Waals surface area contributed by atoms with E-state index in [1.165, 1.54) is 6.08 Å². The van der Waals surface area contributed by atoms with E-state index in [4.69, 9.17) is 23.2 Å². The van der Waals surface area contributed by atoms with Crippen molar-refractivity contribution in [2.45, 2.75) is 0 Å². The van der Waals surface area contributed by atoms with Gasteiger partial charge in [0.15, 0.2) is 0 Å². The quantitative estimate of drug-likeness (QED) is 0.868. The van der Waals surface area contributed by atoms with Gasteiger partial charge in [0.2, 0.25) is 5.91 Å². The van der Waals surface area contributed by atoms with Crippen LogP contribution in [0.3, 0.4) is 0 Å². The summed E-state index contributed by atoms with van der Waals surface area (Å²) >= 11 is 11.8. The predicted molar refractivity (Wildman–Crippen MR) is 78.4 cm³/mol. The summed E-state index contributed by atoms with van der Waals surface area (Å²) in [6.45, 7) is 0. The molecule has 5 heteroatoms. The Morgan fingerprint density at radius 3 is 2.79 bits per heavy atom. The Kier molecular flexibility index (Phi) is 4.55. The van der Waals surface area contributed by atoms with E-state index in [-0.39, 0.29) is 5.91 Å². The van der Waals surface area contributed by atoms with Crippen molar-refractivity contribution in [1.82, 2.24) is 4.98 Å². The van der Waals surface area contributed by atoms with Crippen molar-refractivity contribution >= 4 is 41.0 Å². The van der Waals surface area contributed by atoms with Gasteiger partial charge in [0.1, 0.15) is 5.82 Å². The first kappa shape index (κ1) is 13.6. The van der Waals surface area contributed by atoms with E-state index in [2.05, 4.69) is 10.3 Å². The smallest absolute Gasteiger partial charge is 0.249 e. The molecule has 0 aliphatic heterocycles. The Morgan fingerprint density at radius 1 is 1.21 bits per heavy atom. The molecule has 0 fully saturated rings. The molecule has 3 nitrogen and oxygen atoms in total. The first-order valence-electron chi connectivity index (χ1n) is 5.50. The number of halogens is 2. The summed E-state index contributed by atoms with van der Waals surface area (Å²) in [5.41, 5.74) is 0.685. The van der Waals surface area contributed by atoms with E-state index < -0.39 is 0 Å². The number of amides is 1. The van der Waals surface area contributed by atoms with Gasteiger partial charge in [-0.15, -0.1) is 0 Å². The molecule has 1 amide bonds. The van der Waals surface area contributed by atoms with Gasteiger partial charge < -0.3 is 5.32 Å². The molecule has 0 unspecified atom stereocenters. The van der Waals surface area contributed by atoms with E-state index >= 15 is 0 Å². The normalized spacial score (nSPS) is 10.6. The van der Waals surface area contributed by atoms with Gasteiger partial charge in [-0.2, -0.15) is 0 Å². The lowest BCUT2D eigenvalue weighted by atomic mass is 10.2. The maximum absolute atomic E-state index is 11.7. The third kappa shape index (κ3) is 4.09. The third-order valence-corrected chi connectivity index (χ3v) is 2.87. The highest BCUT2D eigenvalue weighted by Crippen LogP contribution is 2.21. The summed E-state index contributed by atoms with van der Waals surface area (Å²) in [5.74, 6) is 0.212. The molecule has 0 saturated heterocycles. The molecule has 0 aliphatic carbocycles. The zero-order valence-electron chi connectivity index (χ0n) is 9.81. The lowest BCUT2D eigenvalue weighted by Crippen LogP contribution is -2.08. The van der Waals surface area contributed by atoms with Gasteiger partial charge in [0.05, 0.1) is 0 Å². The summed E-state index contributed by atoms with van der Waals surface area (Å²) in [7, 11) is 0. The second kappa shape index (κ2) is 6.36. The fraction of sp³-hybridized carbons (Fsp3) is 0. The van der Waals surface area contributed by atoms with E-state index in [0.717, 1.165) is 0 Å². The van der Waals surface area contributed by atoms with E-state index in [0.29, 0.717) is 21.4 Å². The van der Waals surface area contributed by atoms with Crippen molar-refractivity contribution in [1.29, 1.82) is 0 Å². The zero-order valence-corrected chi connectivity index (χ0v) is 11.3. The van der Waals surface area contributed by atoms with Gasteiger partial charge in [-0.1, -0.05) is 29.3 Å². The molecule has 0 aliphatic rings. The minimum atomic E-state index is -0.283. The number of anilines is 1. The molecular formula is C14H10Cl2N2O. The van der Waals surface area contributed by atoms with Gasteiger partial charge in [0, 0.05) is 22.3 Å². The second-order valence-corrected chi connectivity index (χ2v) is 4.55. The minimum Gasteiger partial charge on any atom is -0.307 e. The molecule has 1 heterocycles. The fourth-order valence-electron chi connectivity index (χ4n) is 1.41. The molecule has 0 saturated carbocycles. The number of nitrogens with one attached hydrogen (secondary N) is 1. The Balaban J connectivity index is 2.06. The van der Waals surface area contributed by atoms with E-state index in [1.807, 2.05) is 0 Å². The molecular weight excluding hydrogens is 283 g/mol. The van der Waals surface area contributed by atoms with E-state index in [1.54, 1.807) is 48.7 Å². The van der Waals surface area contributed by atoms with Crippen LogP contribution in [-0.4, -0.2) is 10.9 Å². The van der Waals surface area contributed by atoms with Crippen molar-refractivity contribution < 1.29 is 4.79 Å². The van der Waals surface area contributed by atoms with Crippen LogP contribution in [0.25, 0.3) is 6.08 Å². The van der Waals surface area contributed by atoms with Crippen LogP contribution in [0.5, 0.6) is 0 Å². The second-order valence-electron chi connectivity index (χ2n) is 3.70. The number of pyridine rings is 1. The topological polar surface area (TPSA) is 42.0 Å². The largest absolute Gasteiger partial charge is 0.307 e. The van der Waals surface area contributed by atoms with E-state index in [9.17, 15) is 4.79 Å². The minimum absolute atomic E-state index is 0.283. The van der Waals surface area contributed by atoms with Crippen molar-refractivity contribution in [2.24, 2.45) is 0 Å². The van der Waals surface area contributed by atoms with Crippen molar-refractivity contribution in [2.75, 3.05) is 5.32 Å².